The molecule has 2 aliphatic rings. The van der Waals surface area contributed by atoms with E-state index in [1.807, 2.05) is 6.92 Å². The van der Waals surface area contributed by atoms with Crippen molar-refractivity contribution >= 4 is 57.9 Å². The van der Waals surface area contributed by atoms with E-state index in [-0.39, 0.29) is 16.5 Å². The highest BCUT2D eigenvalue weighted by atomic mass is 32.2. The first-order valence-corrected chi connectivity index (χ1v) is 11.2. The quantitative estimate of drug-likeness (QED) is 0.306. The Morgan fingerprint density at radius 3 is 2.71 bits per heavy atom. The number of fused-ring (bicyclic) bond motifs is 1. The molecule has 1 unspecified atom stereocenters. The highest BCUT2D eigenvalue weighted by Crippen LogP contribution is 2.37. The Morgan fingerprint density at radius 2 is 2.06 bits per heavy atom. The van der Waals surface area contributed by atoms with Gasteiger partial charge in [-0.1, -0.05) is 6.92 Å². The molecular formula is C18H20N4O7S2. The Labute approximate surface area is 185 Å². The molecule has 0 spiro atoms. The second kappa shape index (κ2) is 8.67. The van der Waals surface area contributed by atoms with E-state index in [0.29, 0.717) is 12.2 Å². The summed E-state index contributed by atoms with van der Waals surface area (Å²) in [4.78, 5) is 65.1. The zero-order chi connectivity index (χ0) is 22.9. The predicted octanol–water partition coefficient (Wildman–Crippen LogP) is 1.43. The topological polar surface area (TPSA) is 155 Å². The monoisotopic (exact) mass is 468 g/mol. The van der Waals surface area contributed by atoms with E-state index in [4.69, 9.17) is 9.84 Å². The van der Waals surface area contributed by atoms with Crippen LogP contribution in [0.25, 0.3) is 0 Å². The maximum absolute atomic E-state index is 12.4. The number of carbonyl (C=O) groups is 5. The largest absolute Gasteiger partial charge is 0.477 e. The van der Waals surface area contributed by atoms with Gasteiger partial charge in [0.1, 0.15) is 28.4 Å². The fraction of sp³-hybridized carbons (Fsp3) is 0.444. The number of hydrogen-bond acceptors (Lipinski definition) is 9. The molecule has 166 valence electrons. The molecule has 3 rings (SSSR count). The standard InChI is InChI=1S/C18H20N4O7S2/c1-4-18(2,3)29-17(28)21-16-19-8(7-31-16)11(23)12(24)20-10-13(25)22-9(15(26)27)5-6-30-14(10)22/h5,7,10,14H,4,6H2,1-3H3,(H,20,24)(H,26,27)(H,19,21,28)/t10?,14-/m1/s1. The summed E-state index contributed by atoms with van der Waals surface area (Å²) in [5.41, 5.74) is -1.01. The lowest BCUT2D eigenvalue weighted by Gasteiger charge is -2.48. The molecule has 0 radical (unpaired) electrons. The Bertz CT molecular complexity index is 987. The van der Waals surface area contributed by atoms with Crippen LogP contribution in [0, 0.1) is 0 Å². The summed E-state index contributed by atoms with van der Waals surface area (Å²) in [5.74, 6) is -3.50. The van der Waals surface area contributed by atoms with Crippen LogP contribution in [0.3, 0.4) is 0 Å². The molecule has 1 aromatic rings. The average Bonchev–Trinajstić information content (AvgIpc) is 3.17. The zero-order valence-corrected chi connectivity index (χ0v) is 18.5. The third-order valence-corrected chi connectivity index (χ3v) is 6.67. The first kappa shape index (κ1) is 22.7. The molecule has 11 nitrogen and oxygen atoms in total. The van der Waals surface area contributed by atoms with E-state index in [1.54, 1.807) is 13.8 Å². The maximum Gasteiger partial charge on any atom is 0.413 e. The van der Waals surface area contributed by atoms with Crippen molar-refractivity contribution in [2.75, 3.05) is 11.1 Å². The molecule has 2 atom stereocenters. The second-order valence-electron chi connectivity index (χ2n) is 7.27. The van der Waals surface area contributed by atoms with Gasteiger partial charge in [0.05, 0.1) is 0 Å². The summed E-state index contributed by atoms with van der Waals surface area (Å²) in [7, 11) is 0. The number of carboxylic acids is 1. The van der Waals surface area contributed by atoms with Crippen molar-refractivity contribution in [1.82, 2.24) is 15.2 Å². The van der Waals surface area contributed by atoms with Crippen LogP contribution >= 0.6 is 23.1 Å². The number of amides is 3. The lowest BCUT2D eigenvalue weighted by molar-refractivity contribution is -0.150. The fourth-order valence-corrected chi connectivity index (χ4v) is 4.60. The van der Waals surface area contributed by atoms with E-state index in [2.05, 4.69) is 15.6 Å². The van der Waals surface area contributed by atoms with E-state index >= 15 is 0 Å². The van der Waals surface area contributed by atoms with Gasteiger partial charge in [0.15, 0.2) is 5.13 Å². The number of thiazole rings is 1. The van der Waals surface area contributed by atoms with Gasteiger partial charge < -0.3 is 15.2 Å². The molecular weight excluding hydrogens is 448 g/mol. The summed E-state index contributed by atoms with van der Waals surface area (Å²) >= 11 is 2.22. The minimum atomic E-state index is -1.23. The van der Waals surface area contributed by atoms with Crippen molar-refractivity contribution in [1.29, 1.82) is 0 Å². The van der Waals surface area contributed by atoms with Gasteiger partial charge in [-0.2, -0.15) is 0 Å². The fourth-order valence-electron chi connectivity index (χ4n) is 2.73. The minimum absolute atomic E-state index is 0.0815. The Balaban J connectivity index is 1.59. The zero-order valence-electron chi connectivity index (χ0n) is 16.8. The Hall–Kier alpha value is -2.93. The van der Waals surface area contributed by atoms with Gasteiger partial charge in [0.2, 0.25) is 0 Å². The lowest BCUT2D eigenvalue weighted by atomic mass is 10.0. The number of anilines is 1. The Morgan fingerprint density at radius 1 is 1.35 bits per heavy atom. The van der Waals surface area contributed by atoms with Crippen LogP contribution < -0.4 is 10.6 Å². The number of ether oxygens (including phenoxy) is 1. The molecule has 1 fully saturated rings. The number of aliphatic carboxylic acids is 1. The third-order valence-electron chi connectivity index (χ3n) is 4.72. The maximum atomic E-state index is 12.4. The van der Waals surface area contributed by atoms with Crippen LogP contribution in [0.1, 0.15) is 37.7 Å². The van der Waals surface area contributed by atoms with Gasteiger partial charge >= 0.3 is 12.1 Å². The second-order valence-corrected chi connectivity index (χ2v) is 9.28. The van der Waals surface area contributed by atoms with Crippen LogP contribution in [0.5, 0.6) is 0 Å². The highest BCUT2D eigenvalue weighted by molar-refractivity contribution is 8.00. The highest BCUT2D eigenvalue weighted by Gasteiger charge is 2.53. The van der Waals surface area contributed by atoms with Crippen LogP contribution in [0.2, 0.25) is 0 Å². The predicted molar refractivity (Wildman–Crippen MR) is 112 cm³/mol. The number of nitrogens with zero attached hydrogens (tertiary/aromatic N) is 2. The Kier molecular flexibility index (Phi) is 6.36. The minimum Gasteiger partial charge on any atom is -0.477 e. The molecule has 3 heterocycles. The summed E-state index contributed by atoms with van der Waals surface area (Å²) in [6.07, 6.45) is 1.28. The van der Waals surface area contributed by atoms with Gasteiger partial charge in [0.25, 0.3) is 17.6 Å². The number of carboxylic acid groups (broad SMARTS) is 1. The number of nitrogens with one attached hydrogen (secondary N) is 2. The van der Waals surface area contributed by atoms with E-state index in [9.17, 15) is 24.0 Å². The normalized spacial score (nSPS) is 20.2. The molecule has 0 aliphatic carbocycles. The number of thioether (sulfide) groups is 1. The van der Waals surface area contributed by atoms with Crippen LogP contribution in [0.15, 0.2) is 17.2 Å². The van der Waals surface area contributed by atoms with Crippen molar-refractivity contribution < 1.29 is 33.8 Å². The summed E-state index contributed by atoms with van der Waals surface area (Å²) in [6.45, 7) is 5.36. The van der Waals surface area contributed by atoms with Crippen molar-refractivity contribution in [3.63, 3.8) is 0 Å². The molecule has 0 bridgehead atoms. The van der Waals surface area contributed by atoms with Crippen molar-refractivity contribution in [2.24, 2.45) is 0 Å². The molecule has 1 saturated heterocycles. The van der Waals surface area contributed by atoms with Crippen LogP contribution in [-0.4, -0.2) is 67.4 Å². The number of ketones is 1. The first-order chi connectivity index (χ1) is 14.5. The van der Waals surface area contributed by atoms with Gasteiger partial charge in [-0.05, 0) is 26.3 Å². The van der Waals surface area contributed by atoms with E-state index in [0.717, 1.165) is 16.2 Å². The molecule has 3 N–H and O–H groups in total. The molecule has 2 aliphatic heterocycles. The van der Waals surface area contributed by atoms with Gasteiger partial charge in [-0.3, -0.25) is 24.6 Å². The molecule has 13 heteroatoms. The van der Waals surface area contributed by atoms with Gasteiger partial charge in [0, 0.05) is 11.1 Å². The average molecular weight is 469 g/mol. The third kappa shape index (κ3) is 4.71. The van der Waals surface area contributed by atoms with Gasteiger partial charge in [-0.15, -0.1) is 23.1 Å². The molecule has 0 saturated carbocycles. The number of β-lactam (4-membered cyclic amide) rings is 1. The molecule has 31 heavy (non-hydrogen) atoms. The molecule has 0 aromatic carbocycles. The van der Waals surface area contributed by atoms with Gasteiger partial charge in [-0.25, -0.2) is 14.6 Å². The van der Waals surface area contributed by atoms with Crippen molar-refractivity contribution in [3.05, 3.63) is 22.8 Å². The van der Waals surface area contributed by atoms with Crippen molar-refractivity contribution in [2.45, 2.75) is 44.2 Å². The molecule has 1 aromatic heterocycles. The molecule has 3 amide bonds. The summed E-state index contributed by atoms with van der Waals surface area (Å²) in [6, 6.07) is -1.01. The number of aromatic nitrogens is 1. The SMILES string of the molecule is CCC(C)(C)OC(=O)Nc1nc(C(=O)C(=O)NC2C(=O)N3C(C(=O)O)=CCS[C@H]23)cs1. The van der Waals surface area contributed by atoms with E-state index < -0.39 is 46.7 Å². The number of rotatable bonds is 7. The first-order valence-electron chi connectivity index (χ1n) is 9.23. The smallest absolute Gasteiger partial charge is 0.413 e. The number of hydrogen-bond donors (Lipinski definition) is 3. The summed E-state index contributed by atoms with van der Waals surface area (Å²) < 4.78 is 5.23. The van der Waals surface area contributed by atoms with Crippen LogP contribution in [-0.2, 0) is 19.1 Å². The summed E-state index contributed by atoms with van der Waals surface area (Å²) in [5, 5.41) is 14.7. The number of carbonyl (C=O) groups excluding carboxylic acids is 4. The van der Waals surface area contributed by atoms with Crippen LogP contribution in [0.4, 0.5) is 9.93 Å². The lowest BCUT2D eigenvalue weighted by Crippen LogP contribution is -2.70. The van der Waals surface area contributed by atoms with E-state index in [1.165, 1.54) is 23.2 Å². The van der Waals surface area contributed by atoms with Crippen molar-refractivity contribution in [3.8, 4) is 0 Å². The number of Topliss-reactive ketones (excluding diaryl/α,β-unsaturated/α-hetero) is 1.